The average molecular weight is 589 g/mol. The first-order chi connectivity index (χ1) is 20.1. The Labute approximate surface area is 243 Å². The molecule has 0 spiro atoms. The summed E-state index contributed by atoms with van der Waals surface area (Å²) >= 11 is 0. The van der Waals surface area contributed by atoms with Crippen LogP contribution < -0.4 is 4.74 Å². The standard InChI is InChI=1S/C32H30F2N4O3S/c1-22-4-11-27(12-5-22)42(39,40)38-20-29(25-10-13-30(41-2)35-17-25)28-16-26(18-36-31(28)38)24-8-6-23(7-9-24)19-37-15-3-14-32(33,34)21-37/h4-13,16-18,20H,3,14-15,19,21H2,1-2H3. The van der Waals surface area contributed by atoms with Gasteiger partial charge in [0.1, 0.15) is 0 Å². The third-order valence-electron chi connectivity index (χ3n) is 7.61. The number of pyridine rings is 2. The SMILES string of the molecule is COc1ccc(-c2cn(S(=O)(=O)c3ccc(C)cc3)c3ncc(-c4ccc(CN5CCCC(F)(F)C5)cc4)cc23)cn1. The molecule has 0 unspecified atom stereocenters. The second-order valence-electron chi connectivity index (χ2n) is 10.7. The molecule has 0 radical (unpaired) electrons. The van der Waals surface area contributed by atoms with E-state index in [1.54, 1.807) is 53.8 Å². The van der Waals surface area contributed by atoms with Gasteiger partial charge < -0.3 is 4.74 Å². The lowest BCUT2D eigenvalue weighted by atomic mass is 10.0. The van der Waals surface area contributed by atoms with Crippen LogP contribution in [0.3, 0.4) is 0 Å². The van der Waals surface area contributed by atoms with E-state index in [0.717, 1.165) is 22.3 Å². The van der Waals surface area contributed by atoms with Crippen LogP contribution >= 0.6 is 0 Å². The lowest BCUT2D eigenvalue weighted by Crippen LogP contribution is -2.41. The summed E-state index contributed by atoms with van der Waals surface area (Å²) in [6.45, 7) is 2.80. The maximum atomic E-state index is 13.9. The predicted molar refractivity (Wildman–Crippen MR) is 158 cm³/mol. The topological polar surface area (TPSA) is 77.3 Å². The van der Waals surface area contributed by atoms with Crippen LogP contribution in [0.1, 0.15) is 24.0 Å². The fourth-order valence-corrected chi connectivity index (χ4v) is 6.70. The number of hydrogen-bond acceptors (Lipinski definition) is 6. The first kappa shape index (κ1) is 28.0. The number of hydrogen-bond donors (Lipinski definition) is 0. The summed E-state index contributed by atoms with van der Waals surface area (Å²) in [5.41, 5.74) is 5.26. The number of aryl methyl sites for hydroxylation is 1. The van der Waals surface area contributed by atoms with Crippen LogP contribution in [0.4, 0.5) is 8.78 Å². The largest absolute Gasteiger partial charge is 0.481 e. The van der Waals surface area contributed by atoms with Crippen LogP contribution in [0.15, 0.2) is 90.2 Å². The number of rotatable bonds is 7. The van der Waals surface area contributed by atoms with Crippen LogP contribution in [-0.4, -0.2) is 53.4 Å². The lowest BCUT2D eigenvalue weighted by Gasteiger charge is -2.32. The quantitative estimate of drug-likeness (QED) is 0.215. The number of methoxy groups -OCH3 is 1. The Kier molecular flexibility index (Phi) is 7.28. The summed E-state index contributed by atoms with van der Waals surface area (Å²) < 4.78 is 61.6. The molecule has 1 saturated heterocycles. The van der Waals surface area contributed by atoms with Gasteiger partial charge in [-0.3, -0.25) is 4.90 Å². The molecule has 0 bridgehead atoms. The first-order valence-corrected chi connectivity index (χ1v) is 15.1. The summed E-state index contributed by atoms with van der Waals surface area (Å²) in [5, 5.41) is 0.648. The van der Waals surface area contributed by atoms with Gasteiger partial charge in [0.15, 0.2) is 5.65 Å². The molecule has 0 aliphatic carbocycles. The van der Waals surface area contributed by atoms with Gasteiger partial charge in [0, 0.05) is 59.7 Å². The van der Waals surface area contributed by atoms with Crippen molar-refractivity contribution in [3.8, 4) is 28.1 Å². The molecule has 216 valence electrons. The third kappa shape index (κ3) is 5.52. The number of aromatic nitrogens is 3. The minimum atomic E-state index is -3.94. The van der Waals surface area contributed by atoms with Gasteiger partial charge in [-0.2, -0.15) is 0 Å². The van der Waals surface area contributed by atoms with Crippen LogP contribution in [0, 0.1) is 6.92 Å². The average Bonchev–Trinajstić information content (AvgIpc) is 3.37. The lowest BCUT2D eigenvalue weighted by molar-refractivity contribution is -0.0661. The molecule has 3 aromatic heterocycles. The van der Waals surface area contributed by atoms with E-state index in [-0.39, 0.29) is 17.9 Å². The first-order valence-electron chi connectivity index (χ1n) is 13.7. The van der Waals surface area contributed by atoms with Crippen LogP contribution in [-0.2, 0) is 16.6 Å². The molecule has 1 aliphatic heterocycles. The van der Waals surface area contributed by atoms with Gasteiger partial charge in [-0.1, -0.05) is 42.0 Å². The van der Waals surface area contributed by atoms with Gasteiger partial charge >= 0.3 is 0 Å². The Balaban J connectivity index is 1.39. The molecule has 4 heterocycles. The van der Waals surface area contributed by atoms with E-state index < -0.39 is 15.9 Å². The van der Waals surface area contributed by atoms with E-state index in [1.165, 1.54) is 11.1 Å². The molecular weight excluding hydrogens is 558 g/mol. The van der Waals surface area contributed by atoms with Crippen molar-refractivity contribution < 1.29 is 21.9 Å². The molecule has 0 N–H and O–H groups in total. The summed E-state index contributed by atoms with van der Waals surface area (Å²) in [4.78, 5) is 10.9. The van der Waals surface area contributed by atoms with Gasteiger partial charge in [0.05, 0.1) is 18.6 Å². The number of ether oxygens (including phenoxy) is 1. The molecule has 0 amide bonds. The zero-order valence-electron chi connectivity index (χ0n) is 23.3. The number of alkyl halides is 2. The predicted octanol–water partition coefficient (Wildman–Crippen LogP) is 6.55. The molecule has 6 rings (SSSR count). The second-order valence-corrected chi connectivity index (χ2v) is 12.5. The number of nitrogens with zero attached hydrogens (tertiary/aromatic N) is 4. The van der Waals surface area contributed by atoms with Crippen molar-refractivity contribution in [2.45, 2.75) is 37.1 Å². The van der Waals surface area contributed by atoms with E-state index in [1.807, 2.05) is 43.3 Å². The van der Waals surface area contributed by atoms with Crippen molar-refractivity contribution >= 4 is 21.1 Å². The van der Waals surface area contributed by atoms with Gasteiger partial charge in [-0.05, 0) is 55.3 Å². The van der Waals surface area contributed by atoms with Crippen molar-refractivity contribution in [1.82, 2.24) is 18.8 Å². The second kappa shape index (κ2) is 10.9. The maximum Gasteiger partial charge on any atom is 0.269 e. The fourth-order valence-electron chi connectivity index (χ4n) is 5.38. The molecule has 7 nitrogen and oxygen atoms in total. The highest BCUT2D eigenvalue weighted by molar-refractivity contribution is 7.90. The van der Waals surface area contributed by atoms with E-state index in [4.69, 9.17) is 4.74 Å². The van der Waals surface area contributed by atoms with Crippen molar-refractivity contribution in [2.24, 2.45) is 0 Å². The fraction of sp³-hybridized carbons (Fsp3) is 0.250. The van der Waals surface area contributed by atoms with E-state index in [0.29, 0.717) is 47.6 Å². The Morgan fingerprint density at radius 1 is 0.929 bits per heavy atom. The van der Waals surface area contributed by atoms with Crippen LogP contribution in [0.2, 0.25) is 0 Å². The zero-order valence-corrected chi connectivity index (χ0v) is 24.1. The molecular formula is C32H30F2N4O3S. The molecule has 5 aromatic rings. The Morgan fingerprint density at radius 3 is 2.31 bits per heavy atom. The summed E-state index contributed by atoms with van der Waals surface area (Å²) in [5.74, 6) is -2.19. The van der Waals surface area contributed by atoms with Gasteiger partial charge in [0.2, 0.25) is 5.88 Å². The van der Waals surface area contributed by atoms with Gasteiger partial charge in [-0.25, -0.2) is 31.1 Å². The van der Waals surface area contributed by atoms with Crippen molar-refractivity contribution in [3.63, 3.8) is 0 Å². The highest BCUT2D eigenvalue weighted by atomic mass is 32.2. The van der Waals surface area contributed by atoms with Crippen molar-refractivity contribution in [2.75, 3.05) is 20.2 Å². The van der Waals surface area contributed by atoms with E-state index in [9.17, 15) is 17.2 Å². The van der Waals surface area contributed by atoms with Crippen LogP contribution in [0.5, 0.6) is 5.88 Å². The minimum absolute atomic E-state index is 0.0550. The van der Waals surface area contributed by atoms with E-state index >= 15 is 0 Å². The molecule has 0 saturated carbocycles. The molecule has 42 heavy (non-hydrogen) atoms. The van der Waals surface area contributed by atoms with Gasteiger partial charge in [0.25, 0.3) is 15.9 Å². The molecule has 1 fully saturated rings. The summed E-state index contributed by atoms with van der Waals surface area (Å²) in [7, 11) is -2.40. The Hall–Kier alpha value is -4.15. The number of halogens is 2. The number of benzene rings is 2. The monoisotopic (exact) mass is 588 g/mol. The number of likely N-dealkylation sites (tertiary alicyclic amines) is 1. The van der Waals surface area contributed by atoms with Crippen molar-refractivity contribution in [1.29, 1.82) is 0 Å². The van der Waals surface area contributed by atoms with E-state index in [2.05, 4.69) is 9.97 Å². The van der Waals surface area contributed by atoms with Gasteiger partial charge in [-0.15, -0.1) is 0 Å². The molecule has 1 aliphatic rings. The molecule has 2 aromatic carbocycles. The normalized spacial score (nSPS) is 15.6. The minimum Gasteiger partial charge on any atom is -0.481 e. The smallest absolute Gasteiger partial charge is 0.269 e. The number of fused-ring (bicyclic) bond motifs is 1. The molecule has 0 atom stereocenters. The highest BCUT2D eigenvalue weighted by Crippen LogP contribution is 2.35. The Bertz CT molecular complexity index is 1840. The Morgan fingerprint density at radius 2 is 1.64 bits per heavy atom. The van der Waals surface area contributed by atoms with Crippen LogP contribution in [0.25, 0.3) is 33.3 Å². The summed E-state index contributed by atoms with van der Waals surface area (Å²) in [6, 6.07) is 19.9. The zero-order chi connectivity index (χ0) is 29.5. The number of piperidine rings is 1. The highest BCUT2D eigenvalue weighted by Gasteiger charge is 2.34. The molecule has 10 heteroatoms. The van der Waals surface area contributed by atoms with Crippen molar-refractivity contribution in [3.05, 3.63) is 96.4 Å². The third-order valence-corrected chi connectivity index (χ3v) is 9.28. The maximum absolute atomic E-state index is 13.9. The summed E-state index contributed by atoms with van der Waals surface area (Å²) in [6.07, 6.45) is 5.31.